The van der Waals surface area contributed by atoms with Crippen LogP contribution in [0.4, 0.5) is 0 Å². The zero-order valence-corrected chi connectivity index (χ0v) is 11.6. The second-order valence-corrected chi connectivity index (χ2v) is 5.33. The van der Waals surface area contributed by atoms with Crippen molar-refractivity contribution in [1.82, 2.24) is 10.2 Å². The molecule has 0 spiro atoms. The van der Waals surface area contributed by atoms with Gasteiger partial charge in [0.2, 0.25) is 0 Å². The van der Waals surface area contributed by atoms with Crippen LogP contribution in [0.3, 0.4) is 0 Å². The minimum atomic E-state index is 0.708. The van der Waals surface area contributed by atoms with Crippen molar-refractivity contribution in [3.8, 4) is 0 Å². The average Bonchev–Trinajstić information content (AvgIpc) is 2.48. The predicted molar refractivity (Wildman–Crippen MR) is 71.8 cm³/mol. The Bertz CT molecular complexity index is 178. The highest BCUT2D eigenvalue weighted by molar-refractivity contribution is 4.81. The van der Waals surface area contributed by atoms with E-state index in [1.807, 2.05) is 0 Å². The normalized spacial score (nSPS) is 28.3. The smallest absolute Gasteiger partial charge is 0.0192 e. The Labute approximate surface area is 102 Å². The molecule has 1 aliphatic heterocycles. The van der Waals surface area contributed by atoms with E-state index in [1.165, 1.54) is 45.3 Å². The van der Waals surface area contributed by atoms with Crippen LogP contribution in [-0.4, -0.2) is 36.6 Å². The molecule has 0 radical (unpaired) electrons. The molecule has 0 saturated carbocycles. The third kappa shape index (κ3) is 4.06. The molecule has 1 saturated heterocycles. The van der Waals surface area contributed by atoms with Gasteiger partial charge in [-0.25, -0.2) is 0 Å². The summed E-state index contributed by atoms with van der Waals surface area (Å²) in [5.41, 5.74) is 0. The molecule has 2 atom stereocenters. The highest BCUT2D eigenvalue weighted by Crippen LogP contribution is 2.16. The monoisotopic (exact) mass is 226 g/mol. The number of nitrogens with zero attached hydrogens (tertiary/aromatic N) is 1. The van der Waals surface area contributed by atoms with Gasteiger partial charge < -0.3 is 5.32 Å². The Hall–Kier alpha value is -0.0800. The summed E-state index contributed by atoms with van der Waals surface area (Å²) in [5.74, 6) is 0.887. The molecule has 0 aromatic rings. The molecule has 1 N–H and O–H groups in total. The first-order valence-corrected chi connectivity index (χ1v) is 7.18. The second kappa shape index (κ2) is 7.29. The number of nitrogens with one attached hydrogen (secondary N) is 1. The Morgan fingerprint density at radius 3 is 2.50 bits per heavy atom. The van der Waals surface area contributed by atoms with Crippen LogP contribution in [0.1, 0.15) is 53.4 Å². The molecule has 96 valence electrons. The van der Waals surface area contributed by atoms with Gasteiger partial charge in [-0.1, -0.05) is 33.6 Å². The minimum absolute atomic E-state index is 0.708. The van der Waals surface area contributed by atoms with Gasteiger partial charge in [-0.15, -0.1) is 0 Å². The van der Waals surface area contributed by atoms with Crippen molar-refractivity contribution >= 4 is 0 Å². The fourth-order valence-corrected chi connectivity index (χ4v) is 2.61. The zero-order chi connectivity index (χ0) is 12.0. The summed E-state index contributed by atoms with van der Waals surface area (Å²) in [6, 6.07) is 1.46. The molecule has 1 aliphatic rings. The van der Waals surface area contributed by atoms with Gasteiger partial charge in [0.15, 0.2) is 0 Å². The van der Waals surface area contributed by atoms with Gasteiger partial charge in [-0.3, -0.25) is 4.90 Å². The highest BCUT2D eigenvalue weighted by Gasteiger charge is 2.23. The molecule has 0 amide bonds. The van der Waals surface area contributed by atoms with E-state index >= 15 is 0 Å². The Kier molecular flexibility index (Phi) is 6.37. The van der Waals surface area contributed by atoms with Crippen LogP contribution in [0.15, 0.2) is 0 Å². The average molecular weight is 226 g/mol. The van der Waals surface area contributed by atoms with Gasteiger partial charge >= 0.3 is 0 Å². The Morgan fingerprint density at radius 1 is 1.25 bits per heavy atom. The van der Waals surface area contributed by atoms with E-state index in [-0.39, 0.29) is 0 Å². The molecule has 2 nitrogen and oxygen atoms in total. The summed E-state index contributed by atoms with van der Waals surface area (Å²) in [5, 5.41) is 3.66. The van der Waals surface area contributed by atoms with Gasteiger partial charge in [-0.2, -0.15) is 0 Å². The minimum Gasteiger partial charge on any atom is -0.313 e. The van der Waals surface area contributed by atoms with Gasteiger partial charge in [-0.05, 0) is 32.2 Å². The van der Waals surface area contributed by atoms with Crippen LogP contribution in [0.5, 0.6) is 0 Å². The lowest BCUT2D eigenvalue weighted by atomic mass is 10.0. The molecule has 2 heteroatoms. The van der Waals surface area contributed by atoms with Crippen LogP contribution in [0.2, 0.25) is 0 Å². The lowest BCUT2D eigenvalue weighted by Crippen LogP contribution is -2.42. The van der Waals surface area contributed by atoms with Crippen LogP contribution < -0.4 is 5.32 Å². The topological polar surface area (TPSA) is 15.3 Å². The maximum atomic E-state index is 3.66. The standard InChI is InChI=1S/C14H30N2/c1-5-13(6-2)10-16-11-14(7-3)15-9-8-12(16)4/h12-15H,5-11H2,1-4H3. The zero-order valence-electron chi connectivity index (χ0n) is 11.6. The molecule has 1 heterocycles. The van der Waals surface area contributed by atoms with E-state index < -0.39 is 0 Å². The third-order valence-corrected chi connectivity index (χ3v) is 4.21. The molecule has 16 heavy (non-hydrogen) atoms. The lowest BCUT2D eigenvalue weighted by molar-refractivity contribution is 0.168. The second-order valence-electron chi connectivity index (χ2n) is 5.33. The van der Waals surface area contributed by atoms with Crippen LogP contribution in [0, 0.1) is 5.92 Å². The fourth-order valence-electron chi connectivity index (χ4n) is 2.61. The molecule has 0 aromatic carbocycles. The predicted octanol–water partition coefficient (Wildman–Crippen LogP) is 2.89. The first kappa shape index (κ1) is 14.0. The van der Waals surface area contributed by atoms with Crippen molar-refractivity contribution in [3.63, 3.8) is 0 Å². The van der Waals surface area contributed by atoms with E-state index in [0.29, 0.717) is 6.04 Å². The largest absolute Gasteiger partial charge is 0.313 e. The molecular formula is C14H30N2. The molecule has 0 aromatic heterocycles. The van der Waals surface area contributed by atoms with E-state index in [9.17, 15) is 0 Å². The SMILES string of the molecule is CCC(CC)CN1CC(CC)NCCC1C. The summed E-state index contributed by atoms with van der Waals surface area (Å²) >= 11 is 0. The molecule has 0 bridgehead atoms. The van der Waals surface area contributed by atoms with Crippen molar-refractivity contribution in [2.75, 3.05) is 19.6 Å². The van der Waals surface area contributed by atoms with Crippen molar-refractivity contribution < 1.29 is 0 Å². The van der Waals surface area contributed by atoms with Gasteiger partial charge in [0, 0.05) is 25.2 Å². The van der Waals surface area contributed by atoms with E-state index in [4.69, 9.17) is 0 Å². The van der Waals surface area contributed by atoms with Crippen LogP contribution in [0.25, 0.3) is 0 Å². The molecular weight excluding hydrogens is 196 g/mol. The first-order valence-electron chi connectivity index (χ1n) is 7.18. The maximum absolute atomic E-state index is 3.66. The Balaban J connectivity index is 2.52. The van der Waals surface area contributed by atoms with E-state index in [1.54, 1.807) is 0 Å². The van der Waals surface area contributed by atoms with E-state index in [2.05, 4.69) is 37.9 Å². The Morgan fingerprint density at radius 2 is 1.94 bits per heavy atom. The van der Waals surface area contributed by atoms with E-state index in [0.717, 1.165) is 12.0 Å². The maximum Gasteiger partial charge on any atom is 0.0192 e. The van der Waals surface area contributed by atoms with Crippen LogP contribution in [-0.2, 0) is 0 Å². The molecule has 1 rings (SSSR count). The summed E-state index contributed by atoms with van der Waals surface area (Å²) < 4.78 is 0. The number of hydrogen-bond donors (Lipinski definition) is 1. The third-order valence-electron chi connectivity index (χ3n) is 4.21. The lowest BCUT2D eigenvalue weighted by Gasteiger charge is -2.31. The van der Waals surface area contributed by atoms with Gasteiger partial charge in [0.25, 0.3) is 0 Å². The van der Waals surface area contributed by atoms with Gasteiger partial charge in [0.05, 0.1) is 0 Å². The summed E-state index contributed by atoms with van der Waals surface area (Å²) in [6.07, 6.45) is 5.21. The first-order chi connectivity index (χ1) is 7.71. The van der Waals surface area contributed by atoms with Crippen molar-refractivity contribution in [2.45, 2.75) is 65.5 Å². The van der Waals surface area contributed by atoms with Crippen molar-refractivity contribution in [1.29, 1.82) is 0 Å². The summed E-state index contributed by atoms with van der Waals surface area (Å²) in [6.45, 7) is 13.1. The van der Waals surface area contributed by atoms with Gasteiger partial charge in [0.1, 0.15) is 0 Å². The number of hydrogen-bond acceptors (Lipinski definition) is 2. The molecule has 0 aliphatic carbocycles. The molecule has 1 fully saturated rings. The van der Waals surface area contributed by atoms with Crippen molar-refractivity contribution in [3.05, 3.63) is 0 Å². The van der Waals surface area contributed by atoms with Crippen molar-refractivity contribution in [2.24, 2.45) is 5.92 Å². The summed E-state index contributed by atoms with van der Waals surface area (Å²) in [7, 11) is 0. The van der Waals surface area contributed by atoms with Crippen LogP contribution >= 0.6 is 0 Å². The quantitative estimate of drug-likeness (QED) is 0.775. The summed E-state index contributed by atoms with van der Waals surface area (Å²) in [4.78, 5) is 2.71. The number of rotatable bonds is 5. The fraction of sp³-hybridized carbons (Fsp3) is 1.00. The molecule has 2 unspecified atom stereocenters. The highest BCUT2D eigenvalue weighted by atomic mass is 15.2.